The van der Waals surface area contributed by atoms with E-state index in [4.69, 9.17) is 9.88 Å². The lowest BCUT2D eigenvalue weighted by Crippen LogP contribution is -2.15. The Balaban J connectivity index is 2.38. The first-order chi connectivity index (χ1) is 9.82. The lowest BCUT2D eigenvalue weighted by atomic mass is 10.2. The van der Waals surface area contributed by atoms with Gasteiger partial charge in [0.2, 0.25) is 10.0 Å². The van der Waals surface area contributed by atoms with Crippen molar-refractivity contribution in [2.45, 2.75) is 11.8 Å². The number of ether oxygens (including phenoxy) is 1. The lowest BCUT2D eigenvalue weighted by Gasteiger charge is -2.11. The van der Waals surface area contributed by atoms with Crippen molar-refractivity contribution in [1.29, 1.82) is 0 Å². The molecule has 0 bridgehead atoms. The highest BCUT2D eigenvalue weighted by Gasteiger charge is 2.16. The molecule has 0 aliphatic carbocycles. The van der Waals surface area contributed by atoms with Gasteiger partial charge in [0.15, 0.2) is 0 Å². The average Bonchev–Trinajstić information content (AvgIpc) is 2.84. The Kier molecular flexibility index (Phi) is 3.96. The standard InChI is InChI=1S/C12H14N4O4S/c1-7-9(6-14-16-7)12(17)15-10-5-8(21(13,18)19)3-4-11(10)20-2/h3-6H,1-2H3,(H,14,16)(H,15,17)(H2,13,18,19). The summed E-state index contributed by atoms with van der Waals surface area (Å²) in [6, 6.07) is 3.95. The fourth-order valence-corrected chi connectivity index (χ4v) is 2.27. The van der Waals surface area contributed by atoms with Crippen LogP contribution in [0.3, 0.4) is 0 Å². The van der Waals surface area contributed by atoms with Gasteiger partial charge in [-0.1, -0.05) is 0 Å². The summed E-state index contributed by atoms with van der Waals surface area (Å²) in [5.74, 6) is -0.122. The van der Waals surface area contributed by atoms with Gasteiger partial charge >= 0.3 is 0 Å². The van der Waals surface area contributed by atoms with Gasteiger partial charge in [-0.25, -0.2) is 13.6 Å². The van der Waals surface area contributed by atoms with Crippen molar-refractivity contribution in [1.82, 2.24) is 10.2 Å². The summed E-state index contributed by atoms with van der Waals surface area (Å²) in [5.41, 5.74) is 1.14. The Bertz CT molecular complexity index is 782. The van der Waals surface area contributed by atoms with Gasteiger partial charge in [-0.05, 0) is 25.1 Å². The highest BCUT2D eigenvalue weighted by atomic mass is 32.2. The number of amides is 1. The first-order valence-corrected chi connectivity index (χ1v) is 7.39. The van der Waals surface area contributed by atoms with Crippen LogP contribution in [0.15, 0.2) is 29.3 Å². The molecule has 0 saturated carbocycles. The number of hydrogen-bond acceptors (Lipinski definition) is 5. The van der Waals surface area contributed by atoms with Gasteiger partial charge < -0.3 is 10.1 Å². The van der Waals surface area contributed by atoms with Crippen molar-refractivity contribution < 1.29 is 17.9 Å². The van der Waals surface area contributed by atoms with Gasteiger partial charge in [0, 0.05) is 5.69 Å². The number of aromatic amines is 1. The van der Waals surface area contributed by atoms with Crippen LogP contribution < -0.4 is 15.2 Å². The number of aromatic nitrogens is 2. The number of sulfonamides is 1. The predicted octanol–water partition coefficient (Wildman–Crippen LogP) is 0.626. The molecule has 8 nitrogen and oxygen atoms in total. The second kappa shape index (κ2) is 5.54. The quantitative estimate of drug-likeness (QED) is 0.763. The van der Waals surface area contributed by atoms with E-state index in [0.717, 1.165) is 0 Å². The molecule has 0 radical (unpaired) electrons. The SMILES string of the molecule is COc1ccc(S(N)(=O)=O)cc1NC(=O)c1cn[nH]c1C. The van der Waals surface area contributed by atoms with Gasteiger partial charge in [0.1, 0.15) is 5.75 Å². The minimum Gasteiger partial charge on any atom is -0.495 e. The lowest BCUT2D eigenvalue weighted by molar-refractivity contribution is 0.102. The molecule has 0 unspecified atom stereocenters. The molecule has 112 valence electrons. The number of H-pyrrole nitrogens is 1. The molecule has 1 amide bonds. The molecule has 1 aromatic heterocycles. The number of rotatable bonds is 4. The number of nitrogens with zero attached hydrogens (tertiary/aromatic N) is 1. The predicted molar refractivity (Wildman–Crippen MR) is 75.6 cm³/mol. The number of primary sulfonamides is 1. The molecule has 4 N–H and O–H groups in total. The number of carbonyl (C=O) groups excluding carboxylic acids is 1. The molecule has 0 atom stereocenters. The van der Waals surface area contributed by atoms with Crippen LogP contribution in [0.2, 0.25) is 0 Å². The average molecular weight is 310 g/mol. The van der Waals surface area contributed by atoms with Crippen LogP contribution >= 0.6 is 0 Å². The zero-order valence-corrected chi connectivity index (χ0v) is 12.2. The van der Waals surface area contributed by atoms with E-state index in [2.05, 4.69) is 15.5 Å². The maximum atomic E-state index is 12.1. The molecule has 0 aliphatic heterocycles. The summed E-state index contributed by atoms with van der Waals surface area (Å²) >= 11 is 0. The van der Waals surface area contributed by atoms with Crippen LogP contribution in [-0.2, 0) is 10.0 Å². The third-order valence-electron chi connectivity index (χ3n) is 2.82. The number of methoxy groups -OCH3 is 1. The van der Waals surface area contributed by atoms with Crippen LogP contribution in [0.1, 0.15) is 16.1 Å². The van der Waals surface area contributed by atoms with Crippen LogP contribution in [0.25, 0.3) is 0 Å². The van der Waals surface area contributed by atoms with Crippen molar-refractivity contribution >= 4 is 21.6 Å². The van der Waals surface area contributed by atoms with E-state index >= 15 is 0 Å². The fourth-order valence-electron chi connectivity index (χ4n) is 1.73. The van der Waals surface area contributed by atoms with Crippen LogP contribution in [-0.4, -0.2) is 31.6 Å². The van der Waals surface area contributed by atoms with E-state index in [1.54, 1.807) is 6.92 Å². The van der Waals surface area contributed by atoms with Crippen LogP contribution in [0, 0.1) is 6.92 Å². The maximum absolute atomic E-state index is 12.1. The molecule has 21 heavy (non-hydrogen) atoms. The molecule has 0 fully saturated rings. The number of hydrogen-bond donors (Lipinski definition) is 3. The van der Waals surface area contributed by atoms with Crippen molar-refractivity contribution in [3.05, 3.63) is 35.7 Å². The summed E-state index contributed by atoms with van der Waals surface area (Å²) in [6.45, 7) is 1.69. The van der Waals surface area contributed by atoms with E-state index in [0.29, 0.717) is 17.0 Å². The molecule has 0 aliphatic rings. The highest BCUT2D eigenvalue weighted by Crippen LogP contribution is 2.27. The van der Waals surface area contributed by atoms with Crippen molar-refractivity contribution in [3.63, 3.8) is 0 Å². The van der Waals surface area contributed by atoms with Gasteiger partial charge in [-0.3, -0.25) is 9.89 Å². The van der Waals surface area contributed by atoms with E-state index in [9.17, 15) is 13.2 Å². The molecular formula is C12H14N4O4S. The van der Waals surface area contributed by atoms with Gasteiger partial charge in [-0.2, -0.15) is 5.10 Å². The van der Waals surface area contributed by atoms with Crippen molar-refractivity contribution in [2.75, 3.05) is 12.4 Å². The smallest absolute Gasteiger partial charge is 0.259 e. The number of benzene rings is 1. The number of aryl methyl sites for hydroxylation is 1. The second-order valence-electron chi connectivity index (χ2n) is 4.27. The fraction of sp³-hybridized carbons (Fsp3) is 0.167. The van der Waals surface area contributed by atoms with Gasteiger partial charge in [0.05, 0.1) is 29.5 Å². The van der Waals surface area contributed by atoms with Gasteiger partial charge in [0.25, 0.3) is 5.91 Å². The molecule has 1 aromatic carbocycles. The summed E-state index contributed by atoms with van der Waals surface area (Å²) < 4.78 is 27.8. The van der Waals surface area contributed by atoms with Crippen LogP contribution in [0.5, 0.6) is 5.75 Å². The topological polar surface area (TPSA) is 127 Å². The van der Waals surface area contributed by atoms with E-state index in [1.807, 2.05) is 0 Å². The van der Waals surface area contributed by atoms with Crippen molar-refractivity contribution in [3.8, 4) is 5.75 Å². The molecule has 9 heteroatoms. The van der Waals surface area contributed by atoms with Crippen LogP contribution in [0.4, 0.5) is 5.69 Å². The van der Waals surface area contributed by atoms with Crippen molar-refractivity contribution in [2.24, 2.45) is 5.14 Å². The Morgan fingerprint density at radius 1 is 1.43 bits per heavy atom. The van der Waals surface area contributed by atoms with E-state index < -0.39 is 15.9 Å². The third-order valence-corrected chi connectivity index (χ3v) is 3.73. The molecule has 2 rings (SSSR count). The Morgan fingerprint density at radius 3 is 2.67 bits per heavy atom. The minimum absolute atomic E-state index is 0.123. The first kappa shape index (κ1) is 15.0. The first-order valence-electron chi connectivity index (χ1n) is 5.85. The second-order valence-corrected chi connectivity index (χ2v) is 5.83. The number of carbonyl (C=O) groups is 1. The molecule has 0 saturated heterocycles. The normalized spacial score (nSPS) is 11.2. The monoisotopic (exact) mass is 310 g/mol. The molecule has 1 heterocycles. The largest absolute Gasteiger partial charge is 0.495 e. The third kappa shape index (κ3) is 3.20. The molecule has 2 aromatic rings. The Hall–Kier alpha value is -2.39. The molecule has 0 spiro atoms. The molecular weight excluding hydrogens is 296 g/mol. The number of nitrogens with one attached hydrogen (secondary N) is 2. The summed E-state index contributed by atoms with van der Waals surface area (Å²) in [6.07, 6.45) is 1.38. The summed E-state index contributed by atoms with van der Waals surface area (Å²) in [4.78, 5) is 12.0. The number of anilines is 1. The highest BCUT2D eigenvalue weighted by molar-refractivity contribution is 7.89. The van der Waals surface area contributed by atoms with Gasteiger partial charge in [-0.15, -0.1) is 0 Å². The number of nitrogens with two attached hydrogens (primary N) is 1. The Morgan fingerprint density at radius 2 is 2.14 bits per heavy atom. The summed E-state index contributed by atoms with van der Waals surface area (Å²) in [5, 5.41) is 14.0. The zero-order chi connectivity index (χ0) is 15.6. The van der Waals surface area contributed by atoms with E-state index in [1.165, 1.54) is 31.5 Å². The Labute approximate surface area is 121 Å². The minimum atomic E-state index is -3.87. The van der Waals surface area contributed by atoms with E-state index in [-0.39, 0.29) is 10.6 Å². The summed E-state index contributed by atoms with van der Waals surface area (Å²) in [7, 11) is -2.47. The zero-order valence-electron chi connectivity index (χ0n) is 11.4. The maximum Gasteiger partial charge on any atom is 0.259 e.